The van der Waals surface area contributed by atoms with Crippen LogP contribution in [0.3, 0.4) is 0 Å². The summed E-state index contributed by atoms with van der Waals surface area (Å²) < 4.78 is 22.1. The van der Waals surface area contributed by atoms with E-state index in [0.717, 1.165) is 12.8 Å². The summed E-state index contributed by atoms with van der Waals surface area (Å²) in [4.78, 5) is 29.3. The number of aromatic hydroxyl groups is 1. The predicted octanol–water partition coefficient (Wildman–Crippen LogP) is 2.77. The molecule has 162 valence electrons. The van der Waals surface area contributed by atoms with E-state index in [9.17, 15) is 14.7 Å². The zero-order chi connectivity index (χ0) is 21.4. The van der Waals surface area contributed by atoms with E-state index >= 15 is 0 Å². The molecule has 0 spiro atoms. The van der Waals surface area contributed by atoms with E-state index in [-0.39, 0.29) is 36.3 Å². The standard InChI is InChI=1S/C21H31NO7/c1-13(2)11-28-17-6-5-9-27-12-15(21(25)29-14(17)3)10-16(23)19-20(24)18(26-4)7-8-22-19/h7-8,13-15,17,24H,5-6,9-12H2,1-4H3/t14-,15-,17+/m0/s1. The first-order chi connectivity index (χ1) is 13.8. The fourth-order valence-electron chi connectivity index (χ4n) is 3.07. The minimum absolute atomic E-state index is 0.0690. The number of nitrogens with zero attached hydrogens (tertiary/aromatic N) is 1. The monoisotopic (exact) mass is 409 g/mol. The Labute approximate surface area is 171 Å². The third kappa shape index (κ3) is 6.68. The molecule has 0 aliphatic carbocycles. The van der Waals surface area contributed by atoms with Crippen molar-refractivity contribution in [3.8, 4) is 11.5 Å². The van der Waals surface area contributed by atoms with E-state index in [4.69, 9.17) is 18.9 Å². The minimum atomic E-state index is -0.791. The van der Waals surface area contributed by atoms with Gasteiger partial charge in [-0.1, -0.05) is 13.8 Å². The average molecular weight is 409 g/mol. The number of carbonyl (C=O) groups is 2. The van der Waals surface area contributed by atoms with Crippen LogP contribution in [0.25, 0.3) is 0 Å². The molecule has 2 heterocycles. The third-order valence-electron chi connectivity index (χ3n) is 4.70. The zero-order valence-electron chi connectivity index (χ0n) is 17.6. The van der Waals surface area contributed by atoms with Gasteiger partial charge in [0.2, 0.25) is 0 Å². The highest BCUT2D eigenvalue weighted by molar-refractivity contribution is 5.99. The van der Waals surface area contributed by atoms with E-state index in [0.29, 0.717) is 19.1 Å². The first-order valence-corrected chi connectivity index (χ1v) is 9.98. The summed E-state index contributed by atoms with van der Waals surface area (Å²) in [5.74, 6) is -1.62. The molecule has 1 fully saturated rings. The second-order valence-corrected chi connectivity index (χ2v) is 7.66. The van der Waals surface area contributed by atoms with Gasteiger partial charge in [-0.3, -0.25) is 9.59 Å². The molecule has 29 heavy (non-hydrogen) atoms. The van der Waals surface area contributed by atoms with Gasteiger partial charge in [-0.25, -0.2) is 4.98 Å². The number of hydrogen-bond donors (Lipinski definition) is 1. The number of ketones is 1. The Morgan fingerprint density at radius 1 is 1.41 bits per heavy atom. The maximum absolute atomic E-state index is 12.7. The number of pyridine rings is 1. The number of esters is 1. The molecule has 1 saturated heterocycles. The predicted molar refractivity (Wildman–Crippen MR) is 105 cm³/mol. The molecule has 8 nitrogen and oxygen atoms in total. The lowest BCUT2D eigenvalue weighted by molar-refractivity contribution is -0.165. The molecule has 1 aliphatic rings. The van der Waals surface area contributed by atoms with E-state index in [1.807, 2.05) is 0 Å². The summed E-state index contributed by atoms with van der Waals surface area (Å²) in [6.07, 6.45) is 2.03. The Hall–Kier alpha value is -2.19. The van der Waals surface area contributed by atoms with Crippen LogP contribution in [0.1, 0.15) is 50.5 Å². The first-order valence-electron chi connectivity index (χ1n) is 9.98. The second kappa shape index (κ2) is 11.1. The fraction of sp³-hybridized carbons (Fsp3) is 0.667. The van der Waals surface area contributed by atoms with E-state index in [1.54, 1.807) is 6.92 Å². The van der Waals surface area contributed by atoms with Crippen molar-refractivity contribution in [2.24, 2.45) is 11.8 Å². The molecule has 1 aromatic heterocycles. The van der Waals surface area contributed by atoms with Gasteiger partial charge in [0.15, 0.2) is 23.0 Å². The van der Waals surface area contributed by atoms with Crippen molar-refractivity contribution in [2.75, 3.05) is 26.9 Å². The highest BCUT2D eigenvalue weighted by Gasteiger charge is 2.31. The van der Waals surface area contributed by atoms with E-state index < -0.39 is 23.8 Å². The maximum atomic E-state index is 12.7. The summed E-state index contributed by atoms with van der Waals surface area (Å²) in [6, 6.07) is 1.45. The van der Waals surface area contributed by atoms with Crippen LogP contribution >= 0.6 is 0 Å². The molecule has 1 aromatic rings. The van der Waals surface area contributed by atoms with Crippen LogP contribution < -0.4 is 4.74 Å². The van der Waals surface area contributed by atoms with Crippen LogP contribution in [0.5, 0.6) is 11.5 Å². The molecule has 2 rings (SSSR count). The van der Waals surface area contributed by atoms with Crippen LogP contribution in [0.4, 0.5) is 0 Å². The molecule has 0 unspecified atom stereocenters. The number of hydrogen-bond acceptors (Lipinski definition) is 8. The van der Waals surface area contributed by atoms with Gasteiger partial charge in [-0.05, 0) is 25.7 Å². The minimum Gasteiger partial charge on any atom is -0.503 e. The Kier molecular flexibility index (Phi) is 8.85. The molecule has 8 heteroatoms. The summed E-state index contributed by atoms with van der Waals surface area (Å²) in [7, 11) is 1.38. The highest BCUT2D eigenvalue weighted by atomic mass is 16.6. The van der Waals surface area contributed by atoms with Crippen LogP contribution in [0.15, 0.2) is 12.3 Å². The number of rotatable bonds is 7. The molecule has 0 aromatic carbocycles. The molecule has 1 N–H and O–H groups in total. The lowest BCUT2D eigenvalue weighted by Gasteiger charge is -2.28. The maximum Gasteiger partial charge on any atom is 0.312 e. The van der Waals surface area contributed by atoms with Crippen molar-refractivity contribution in [1.82, 2.24) is 4.98 Å². The van der Waals surface area contributed by atoms with Gasteiger partial charge < -0.3 is 24.1 Å². The number of methoxy groups -OCH3 is 1. The third-order valence-corrected chi connectivity index (χ3v) is 4.70. The van der Waals surface area contributed by atoms with Gasteiger partial charge in [0, 0.05) is 31.9 Å². The lowest BCUT2D eigenvalue weighted by atomic mass is 10.00. The normalized spacial score (nSPS) is 23.5. The number of ether oxygens (including phenoxy) is 4. The van der Waals surface area contributed by atoms with Gasteiger partial charge in [-0.2, -0.15) is 0 Å². The summed E-state index contributed by atoms with van der Waals surface area (Å²) >= 11 is 0. The number of aromatic nitrogens is 1. The Morgan fingerprint density at radius 2 is 2.17 bits per heavy atom. The van der Waals surface area contributed by atoms with Crippen LogP contribution in [0, 0.1) is 11.8 Å². The molecule has 0 bridgehead atoms. The Balaban J connectivity index is 2.08. The summed E-state index contributed by atoms with van der Waals surface area (Å²) in [5, 5.41) is 10.1. The first kappa shape index (κ1) is 23.1. The van der Waals surface area contributed by atoms with Crippen LogP contribution in [-0.2, 0) is 19.0 Å². The largest absolute Gasteiger partial charge is 0.503 e. The molecule has 0 saturated carbocycles. The molecule has 0 amide bonds. The van der Waals surface area contributed by atoms with Crippen molar-refractivity contribution >= 4 is 11.8 Å². The smallest absolute Gasteiger partial charge is 0.312 e. The Bertz CT molecular complexity index is 692. The van der Waals surface area contributed by atoms with Crippen molar-refractivity contribution in [3.63, 3.8) is 0 Å². The zero-order valence-corrected chi connectivity index (χ0v) is 17.6. The molecular formula is C21H31NO7. The Morgan fingerprint density at radius 3 is 2.86 bits per heavy atom. The number of cyclic esters (lactones) is 1. The van der Waals surface area contributed by atoms with Crippen molar-refractivity contribution < 1.29 is 33.6 Å². The fourth-order valence-corrected chi connectivity index (χ4v) is 3.07. The van der Waals surface area contributed by atoms with Gasteiger partial charge in [-0.15, -0.1) is 0 Å². The quantitative estimate of drug-likeness (QED) is 0.541. The lowest BCUT2D eigenvalue weighted by Crippen LogP contribution is -2.37. The molecule has 3 atom stereocenters. The van der Waals surface area contributed by atoms with Gasteiger partial charge in [0.25, 0.3) is 0 Å². The van der Waals surface area contributed by atoms with E-state index in [2.05, 4.69) is 18.8 Å². The van der Waals surface area contributed by atoms with Crippen molar-refractivity contribution in [2.45, 2.75) is 52.2 Å². The van der Waals surface area contributed by atoms with E-state index in [1.165, 1.54) is 19.4 Å². The summed E-state index contributed by atoms with van der Waals surface area (Å²) in [6.45, 7) is 7.04. The second-order valence-electron chi connectivity index (χ2n) is 7.66. The molecular weight excluding hydrogens is 378 g/mol. The average Bonchev–Trinajstić information content (AvgIpc) is 2.68. The highest BCUT2D eigenvalue weighted by Crippen LogP contribution is 2.29. The van der Waals surface area contributed by atoms with Gasteiger partial charge in [0.1, 0.15) is 6.10 Å². The summed E-state index contributed by atoms with van der Waals surface area (Å²) in [5.41, 5.74) is -0.138. The van der Waals surface area contributed by atoms with Crippen molar-refractivity contribution in [3.05, 3.63) is 18.0 Å². The SMILES string of the molecule is COc1ccnc(C(=O)C[C@H]2COCCC[C@@H](OCC(C)C)[C@H](C)OC2=O)c1O. The van der Waals surface area contributed by atoms with Gasteiger partial charge in [0.05, 0.1) is 25.7 Å². The molecule has 0 radical (unpaired) electrons. The van der Waals surface area contributed by atoms with Gasteiger partial charge >= 0.3 is 5.97 Å². The van der Waals surface area contributed by atoms with Crippen LogP contribution in [-0.4, -0.2) is 61.0 Å². The number of Topliss-reactive ketones (excluding diaryl/α,β-unsaturated/α-hetero) is 1. The van der Waals surface area contributed by atoms with Crippen LogP contribution in [0.2, 0.25) is 0 Å². The molecule has 1 aliphatic heterocycles. The topological polar surface area (TPSA) is 104 Å². The number of carbonyl (C=O) groups excluding carboxylic acids is 2. The van der Waals surface area contributed by atoms with Crippen molar-refractivity contribution in [1.29, 1.82) is 0 Å².